The van der Waals surface area contributed by atoms with E-state index < -0.39 is 33.8 Å². The average molecular weight is 604 g/mol. The molecule has 1 saturated carbocycles. The molecule has 192 valence electrons. The number of oxime groups is 1. The van der Waals surface area contributed by atoms with Gasteiger partial charge in [0.1, 0.15) is 17.3 Å². The second-order valence-electron chi connectivity index (χ2n) is 8.12. The van der Waals surface area contributed by atoms with Gasteiger partial charge in [-0.2, -0.15) is 0 Å². The van der Waals surface area contributed by atoms with Crippen LogP contribution in [0.25, 0.3) is 0 Å². The van der Waals surface area contributed by atoms with Gasteiger partial charge in [0.2, 0.25) is 5.91 Å². The second-order valence-corrected chi connectivity index (χ2v) is 10.8. The van der Waals surface area contributed by atoms with Crippen molar-refractivity contribution in [3.8, 4) is 0 Å². The van der Waals surface area contributed by atoms with Crippen LogP contribution in [0.1, 0.15) is 27.4 Å². The van der Waals surface area contributed by atoms with Crippen molar-refractivity contribution >= 4 is 87.4 Å². The van der Waals surface area contributed by atoms with Crippen molar-refractivity contribution < 1.29 is 18.8 Å². The van der Waals surface area contributed by atoms with Crippen LogP contribution in [0, 0.1) is 11.7 Å². The lowest BCUT2D eigenvalue weighted by atomic mass is 10.1. The Balaban J connectivity index is 1.52. The number of carbonyl (C=O) groups is 2. The van der Waals surface area contributed by atoms with Crippen LogP contribution in [0.3, 0.4) is 0 Å². The third-order valence-corrected chi connectivity index (χ3v) is 7.32. The van der Waals surface area contributed by atoms with E-state index in [1.165, 1.54) is 49.7 Å². The quantitative estimate of drug-likeness (QED) is 0.166. The van der Waals surface area contributed by atoms with E-state index in [0.717, 1.165) is 0 Å². The van der Waals surface area contributed by atoms with Crippen molar-refractivity contribution in [1.82, 2.24) is 0 Å². The number of hydrogen-bond donors (Lipinski definition) is 2. The van der Waals surface area contributed by atoms with Crippen molar-refractivity contribution in [2.75, 3.05) is 17.7 Å². The molecule has 2 amide bonds. The molecule has 2 unspecified atom stereocenters. The number of carbonyl (C=O) groups excluding carboxylic acids is 2. The van der Waals surface area contributed by atoms with Gasteiger partial charge in [0.25, 0.3) is 5.91 Å². The Morgan fingerprint density at radius 2 is 1.70 bits per heavy atom. The Labute approximate surface area is 236 Å². The zero-order valence-electron chi connectivity index (χ0n) is 18.9. The molecule has 2 N–H and O–H groups in total. The summed E-state index contributed by atoms with van der Waals surface area (Å²) in [6, 6.07) is 13.0. The molecule has 4 rings (SSSR count). The molecule has 0 radical (unpaired) electrons. The molecular weight excluding hydrogens is 587 g/mol. The standard InChI is InChI=1S/C25H17Cl5FN3O3/c1-37-32-11-13-8-16(31)2-5-20(13)34-23(35)18-10-17(3-4-19(18)28)33-24(36)22-21(25(22,29)30)12-6-14(26)9-15(27)7-12/h2-11,21-22H,1H3,(H,33,36)(H,34,35)/b32-11+. The molecule has 0 heterocycles. The minimum Gasteiger partial charge on any atom is -0.399 e. The predicted molar refractivity (Wildman–Crippen MR) is 146 cm³/mol. The summed E-state index contributed by atoms with van der Waals surface area (Å²) in [4.78, 5) is 30.7. The molecule has 37 heavy (non-hydrogen) atoms. The number of hydrogen-bond acceptors (Lipinski definition) is 4. The minimum absolute atomic E-state index is 0.0652. The summed E-state index contributed by atoms with van der Waals surface area (Å²) in [5.41, 5.74) is 1.53. The number of halogens is 6. The summed E-state index contributed by atoms with van der Waals surface area (Å²) in [6.45, 7) is 0. The van der Waals surface area contributed by atoms with Crippen LogP contribution in [0.15, 0.2) is 59.8 Å². The number of nitrogens with one attached hydrogen (secondary N) is 2. The second kappa shape index (κ2) is 11.1. The van der Waals surface area contributed by atoms with E-state index in [1.54, 1.807) is 18.2 Å². The number of rotatable bonds is 7. The molecule has 3 aromatic rings. The van der Waals surface area contributed by atoms with Crippen molar-refractivity contribution in [2.24, 2.45) is 11.1 Å². The highest BCUT2D eigenvalue weighted by Crippen LogP contribution is 2.65. The molecule has 1 fully saturated rings. The van der Waals surface area contributed by atoms with Crippen molar-refractivity contribution in [1.29, 1.82) is 0 Å². The van der Waals surface area contributed by atoms with Gasteiger partial charge in [0, 0.05) is 27.2 Å². The average Bonchev–Trinajstić information content (AvgIpc) is 3.41. The van der Waals surface area contributed by atoms with Crippen LogP contribution in [-0.2, 0) is 9.63 Å². The maximum atomic E-state index is 13.7. The maximum Gasteiger partial charge on any atom is 0.257 e. The summed E-state index contributed by atoms with van der Waals surface area (Å²) in [7, 11) is 1.33. The summed E-state index contributed by atoms with van der Waals surface area (Å²) in [5.74, 6) is -2.91. The summed E-state index contributed by atoms with van der Waals surface area (Å²) in [6.07, 6.45) is 1.25. The van der Waals surface area contributed by atoms with E-state index >= 15 is 0 Å². The number of benzene rings is 3. The van der Waals surface area contributed by atoms with Gasteiger partial charge < -0.3 is 15.5 Å². The monoisotopic (exact) mass is 601 g/mol. The van der Waals surface area contributed by atoms with Crippen molar-refractivity contribution in [2.45, 2.75) is 10.3 Å². The minimum atomic E-state index is -1.37. The molecule has 2 atom stereocenters. The van der Waals surface area contributed by atoms with Crippen LogP contribution in [0.5, 0.6) is 0 Å². The first-order valence-corrected chi connectivity index (χ1v) is 12.5. The molecule has 6 nitrogen and oxygen atoms in total. The number of amides is 2. The van der Waals surface area contributed by atoms with E-state index in [0.29, 0.717) is 21.3 Å². The number of anilines is 2. The molecule has 0 saturated heterocycles. The van der Waals surface area contributed by atoms with Gasteiger partial charge in [-0.1, -0.05) is 40.0 Å². The highest BCUT2D eigenvalue weighted by atomic mass is 35.5. The van der Waals surface area contributed by atoms with Gasteiger partial charge in [-0.3, -0.25) is 9.59 Å². The molecule has 0 bridgehead atoms. The molecule has 0 aliphatic heterocycles. The topological polar surface area (TPSA) is 79.8 Å². The largest absolute Gasteiger partial charge is 0.399 e. The van der Waals surface area contributed by atoms with Gasteiger partial charge >= 0.3 is 0 Å². The smallest absolute Gasteiger partial charge is 0.257 e. The maximum absolute atomic E-state index is 13.7. The molecule has 0 aromatic heterocycles. The van der Waals surface area contributed by atoms with Crippen LogP contribution >= 0.6 is 58.0 Å². The first-order valence-electron chi connectivity index (χ1n) is 10.6. The van der Waals surface area contributed by atoms with Crippen LogP contribution in [-0.4, -0.2) is 29.5 Å². The Bertz CT molecular complexity index is 1400. The number of alkyl halides is 2. The third-order valence-electron chi connectivity index (χ3n) is 5.62. The van der Waals surface area contributed by atoms with Gasteiger partial charge in [-0.05, 0) is 60.2 Å². The van der Waals surface area contributed by atoms with Gasteiger partial charge in [0.05, 0.1) is 28.4 Å². The molecular formula is C25H17Cl5FN3O3. The Morgan fingerprint density at radius 1 is 1.00 bits per heavy atom. The fraction of sp³-hybridized carbons (Fsp3) is 0.160. The lowest BCUT2D eigenvalue weighted by molar-refractivity contribution is -0.117. The van der Waals surface area contributed by atoms with Crippen molar-refractivity contribution in [3.05, 3.63) is 92.2 Å². The zero-order chi connectivity index (χ0) is 26.9. The van der Waals surface area contributed by atoms with E-state index in [-0.39, 0.29) is 21.8 Å². The zero-order valence-corrected chi connectivity index (χ0v) is 22.6. The first-order chi connectivity index (χ1) is 17.5. The molecule has 12 heteroatoms. The van der Waals surface area contributed by atoms with Crippen molar-refractivity contribution in [3.63, 3.8) is 0 Å². The fourth-order valence-electron chi connectivity index (χ4n) is 3.87. The molecule has 3 aromatic carbocycles. The predicted octanol–water partition coefficient (Wildman–Crippen LogP) is 7.54. The fourth-order valence-corrected chi connectivity index (χ4v) is 5.45. The molecule has 1 aliphatic rings. The first kappa shape index (κ1) is 27.5. The van der Waals surface area contributed by atoms with Crippen LogP contribution < -0.4 is 10.6 Å². The Kier molecular flexibility index (Phi) is 8.21. The lowest BCUT2D eigenvalue weighted by Crippen LogP contribution is -2.18. The summed E-state index contributed by atoms with van der Waals surface area (Å²) < 4.78 is 12.3. The highest BCUT2D eigenvalue weighted by molar-refractivity contribution is 6.53. The van der Waals surface area contributed by atoms with Crippen LogP contribution in [0.2, 0.25) is 15.1 Å². The van der Waals surface area contributed by atoms with E-state index in [1.807, 2.05) is 0 Å². The van der Waals surface area contributed by atoms with Gasteiger partial charge in [0.15, 0.2) is 0 Å². The normalized spacial score (nSPS) is 17.9. The van der Waals surface area contributed by atoms with E-state index in [9.17, 15) is 14.0 Å². The Hall–Kier alpha value is -2.55. The highest BCUT2D eigenvalue weighted by Gasteiger charge is 2.67. The summed E-state index contributed by atoms with van der Waals surface area (Å²) in [5, 5.41) is 9.90. The van der Waals surface area contributed by atoms with E-state index in [2.05, 4.69) is 20.6 Å². The number of nitrogens with zero attached hydrogens (tertiary/aromatic N) is 1. The Morgan fingerprint density at radius 3 is 2.38 bits per heavy atom. The van der Waals surface area contributed by atoms with Gasteiger partial charge in [-0.15, -0.1) is 23.2 Å². The lowest BCUT2D eigenvalue weighted by Gasteiger charge is -2.12. The SMILES string of the molecule is CO/N=C/c1cc(F)ccc1NC(=O)c1cc(NC(=O)C2C(c3cc(Cl)cc(Cl)c3)C2(Cl)Cl)ccc1Cl. The van der Waals surface area contributed by atoms with E-state index in [4.69, 9.17) is 58.0 Å². The molecule has 0 spiro atoms. The van der Waals surface area contributed by atoms with Crippen LogP contribution in [0.4, 0.5) is 15.8 Å². The third kappa shape index (κ3) is 6.13. The summed E-state index contributed by atoms with van der Waals surface area (Å²) >= 11 is 31.3. The molecule has 1 aliphatic carbocycles. The van der Waals surface area contributed by atoms with Gasteiger partial charge in [-0.25, -0.2) is 4.39 Å².